The number of carbonyl (C=O) groups is 1. The molecule has 6 nitrogen and oxygen atoms in total. The number of fused-ring (bicyclic) bond motifs is 1. The van der Waals surface area contributed by atoms with Crippen molar-refractivity contribution in [1.29, 1.82) is 0 Å². The molecule has 0 radical (unpaired) electrons. The molecular formula is C12H12N2O4S. The first-order valence-electron chi connectivity index (χ1n) is 5.44. The molecule has 0 unspecified atom stereocenters. The van der Waals surface area contributed by atoms with E-state index in [2.05, 4.69) is 14.4 Å². The highest BCUT2D eigenvalue weighted by Crippen LogP contribution is 2.21. The second-order valence-corrected chi connectivity index (χ2v) is 5.49. The molecule has 1 aromatic heterocycles. The topological polar surface area (TPSA) is 85.4 Å². The van der Waals surface area contributed by atoms with Crippen LogP contribution in [0.4, 0.5) is 0 Å². The standard InChI is InChI=1S/C12H12N2O4S/c1-18-12(15)8-14-19(16,17)11-4-2-3-9-7-13-6-5-10(9)11/h2-7,14H,8H2,1H3. The molecule has 0 aliphatic heterocycles. The molecule has 0 aliphatic carbocycles. The smallest absolute Gasteiger partial charge is 0.320 e. The van der Waals surface area contributed by atoms with Crippen LogP contribution in [0.5, 0.6) is 0 Å². The van der Waals surface area contributed by atoms with Gasteiger partial charge in [0.15, 0.2) is 0 Å². The van der Waals surface area contributed by atoms with Crippen molar-refractivity contribution in [2.45, 2.75) is 4.90 Å². The lowest BCUT2D eigenvalue weighted by molar-refractivity contribution is -0.139. The van der Waals surface area contributed by atoms with Crippen LogP contribution in [-0.2, 0) is 19.6 Å². The predicted octanol–water partition coefficient (Wildman–Crippen LogP) is 0.686. The van der Waals surface area contributed by atoms with Crippen molar-refractivity contribution in [2.75, 3.05) is 13.7 Å². The molecular weight excluding hydrogens is 268 g/mol. The Balaban J connectivity index is 2.41. The molecule has 1 N–H and O–H groups in total. The Bertz CT molecular complexity index is 707. The molecule has 0 bridgehead atoms. The third-order valence-electron chi connectivity index (χ3n) is 2.56. The Morgan fingerprint density at radius 1 is 1.37 bits per heavy atom. The zero-order valence-electron chi connectivity index (χ0n) is 10.2. The van der Waals surface area contributed by atoms with Crippen molar-refractivity contribution in [1.82, 2.24) is 9.71 Å². The van der Waals surface area contributed by atoms with E-state index in [4.69, 9.17) is 0 Å². The van der Waals surface area contributed by atoms with Crippen LogP contribution in [0.15, 0.2) is 41.6 Å². The number of nitrogens with one attached hydrogen (secondary N) is 1. The predicted molar refractivity (Wildman–Crippen MR) is 68.9 cm³/mol. The van der Waals surface area contributed by atoms with Crippen LogP contribution in [0.2, 0.25) is 0 Å². The summed E-state index contributed by atoms with van der Waals surface area (Å²) in [6.45, 7) is -0.402. The summed E-state index contributed by atoms with van der Waals surface area (Å²) >= 11 is 0. The molecule has 0 saturated carbocycles. The fraction of sp³-hybridized carbons (Fsp3) is 0.167. The molecule has 7 heteroatoms. The Hall–Kier alpha value is -1.99. The van der Waals surface area contributed by atoms with Crippen molar-refractivity contribution in [3.63, 3.8) is 0 Å². The lowest BCUT2D eigenvalue weighted by Crippen LogP contribution is -2.30. The maximum absolute atomic E-state index is 12.1. The Labute approximate surface area is 110 Å². The largest absolute Gasteiger partial charge is 0.468 e. The molecule has 2 aromatic rings. The van der Waals surface area contributed by atoms with Gasteiger partial charge in [-0.2, -0.15) is 4.72 Å². The number of sulfonamides is 1. The van der Waals surface area contributed by atoms with Crippen molar-refractivity contribution in [2.24, 2.45) is 0 Å². The van der Waals surface area contributed by atoms with Crippen molar-refractivity contribution < 1.29 is 17.9 Å². The molecule has 19 heavy (non-hydrogen) atoms. The molecule has 2 rings (SSSR count). The van der Waals surface area contributed by atoms with Crippen LogP contribution >= 0.6 is 0 Å². The van der Waals surface area contributed by atoms with Gasteiger partial charge < -0.3 is 4.74 Å². The number of esters is 1. The third kappa shape index (κ3) is 2.88. The number of pyridine rings is 1. The molecule has 0 spiro atoms. The first-order chi connectivity index (χ1) is 9.04. The fourth-order valence-electron chi connectivity index (χ4n) is 1.63. The number of methoxy groups -OCH3 is 1. The highest BCUT2D eigenvalue weighted by atomic mass is 32.2. The second kappa shape index (κ2) is 5.33. The van der Waals surface area contributed by atoms with Gasteiger partial charge in [0.1, 0.15) is 6.54 Å². The number of carbonyl (C=O) groups excluding carboxylic acids is 1. The summed E-state index contributed by atoms with van der Waals surface area (Å²) in [4.78, 5) is 15.0. The fourth-order valence-corrected chi connectivity index (χ4v) is 2.83. The van der Waals surface area contributed by atoms with Gasteiger partial charge >= 0.3 is 5.97 Å². The number of benzene rings is 1. The minimum Gasteiger partial charge on any atom is -0.468 e. The molecule has 0 fully saturated rings. The van der Waals surface area contributed by atoms with Crippen molar-refractivity contribution >= 4 is 26.8 Å². The van der Waals surface area contributed by atoms with E-state index in [1.54, 1.807) is 24.4 Å². The maximum Gasteiger partial charge on any atom is 0.320 e. The summed E-state index contributed by atoms with van der Waals surface area (Å²) < 4.78 is 30.8. The second-order valence-electron chi connectivity index (χ2n) is 3.75. The average molecular weight is 280 g/mol. The number of nitrogens with zero attached hydrogens (tertiary/aromatic N) is 1. The highest BCUT2D eigenvalue weighted by molar-refractivity contribution is 7.89. The van der Waals surface area contributed by atoms with Crippen molar-refractivity contribution in [3.05, 3.63) is 36.7 Å². The van der Waals surface area contributed by atoms with Gasteiger partial charge in [-0.15, -0.1) is 0 Å². The van der Waals surface area contributed by atoms with Crippen LogP contribution in [0.25, 0.3) is 10.8 Å². The maximum atomic E-state index is 12.1. The van der Waals surface area contributed by atoms with Crippen LogP contribution in [0, 0.1) is 0 Å². The molecule has 0 amide bonds. The third-order valence-corrected chi connectivity index (χ3v) is 4.02. The van der Waals surface area contributed by atoms with Gasteiger partial charge in [0, 0.05) is 23.2 Å². The minimum atomic E-state index is -3.77. The molecule has 0 saturated heterocycles. The zero-order valence-corrected chi connectivity index (χ0v) is 11.0. The van der Waals surface area contributed by atoms with E-state index in [-0.39, 0.29) is 4.90 Å². The lowest BCUT2D eigenvalue weighted by atomic mass is 10.2. The first-order valence-corrected chi connectivity index (χ1v) is 6.92. The quantitative estimate of drug-likeness (QED) is 0.833. The van der Waals surface area contributed by atoms with E-state index in [9.17, 15) is 13.2 Å². The summed E-state index contributed by atoms with van der Waals surface area (Å²) in [5.41, 5.74) is 0. The van der Waals surface area contributed by atoms with Gasteiger partial charge in [0.2, 0.25) is 10.0 Å². The van der Waals surface area contributed by atoms with E-state index >= 15 is 0 Å². The number of hydrogen-bond donors (Lipinski definition) is 1. The SMILES string of the molecule is COC(=O)CNS(=O)(=O)c1cccc2cnccc12. The Kier molecular flexibility index (Phi) is 3.77. The van der Waals surface area contributed by atoms with E-state index in [0.717, 1.165) is 0 Å². The molecule has 1 aromatic carbocycles. The number of ether oxygens (including phenoxy) is 1. The molecule has 100 valence electrons. The summed E-state index contributed by atoms with van der Waals surface area (Å²) in [6, 6.07) is 6.47. The first kappa shape index (κ1) is 13.4. The van der Waals surface area contributed by atoms with Crippen molar-refractivity contribution in [3.8, 4) is 0 Å². The van der Waals surface area contributed by atoms with E-state index in [1.165, 1.54) is 19.4 Å². The van der Waals surface area contributed by atoms with Crippen LogP contribution in [0.3, 0.4) is 0 Å². The summed E-state index contributed by atoms with van der Waals surface area (Å²) in [6.07, 6.45) is 3.09. The van der Waals surface area contributed by atoms with Gasteiger partial charge in [0.25, 0.3) is 0 Å². The van der Waals surface area contributed by atoms with E-state index in [1.807, 2.05) is 0 Å². The minimum absolute atomic E-state index is 0.108. The monoisotopic (exact) mass is 280 g/mol. The number of rotatable bonds is 4. The van der Waals surface area contributed by atoms with Gasteiger partial charge in [-0.25, -0.2) is 8.42 Å². The Morgan fingerprint density at radius 3 is 2.89 bits per heavy atom. The zero-order chi connectivity index (χ0) is 13.9. The van der Waals surface area contributed by atoms with Gasteiger partial charge in [-0.3, -0.25) is 9.78 Å². The van der Waals surface area contributed by atoms with Crippen LogP contribution in [-0.4, -0.2) is 33.0 Å². The summed E-state index contributed by atoms with van der Waals surface area (Å²) in [5, 5.41) is 1.26. The number of hydrogen-bond acceptors (Lipinski definition) is 5. The average Bonchev–Trinajstić information content (AvgIpc) is 2.44. The van der Waals surface area contributed by atoms with Crippen LogP contribution < -0.4 is 4.72 Å². The lowest BCUT2D eigenvalue weighted by Gasteiger charge is -2.08. The van der Waals surface area contributed by atoms with Crippen LogP contribution in [0.1, 0.15) is 0 Å². The summed E-state index contributed by atoms with van der Waals surface area (Å²) in [5.74, 6) is -0.648. The molecule has 0 aliphatic rings. The number of aromatic nitrogens is 1. The van der Waals surface area contributed by atoms with Gasteiger partial charge in [0.05, 0.1) is 12.0 Å². The molecule has 1 heterocycles. The van der Waals surface area contributed by atoms with E-state index < -0.39 is 22.5 Å². The highest BCUT2D eigenvalue weighted by Gasteiger charge is 2.18. The van der Waals surface area contributed by atoms with E-state index in [0.29, 0.717) is 10.8 Å². The Morgan fingerprint density at radius 2 is 2.16 bits per heavy atom. The molecule has 0 atom stereocenters. The normalized spacial score (nSPS) is 11.4. The van der Waals surface area contributed by atoms with Gasteiger partial charge in [-0.05, 0) is 12.1 Å². The van der Waals surface area contributed by atoms with Gasteiger partial charge in [-0.1, -0.05) is 12.1 Å². The summed E-state index contributed by atoms with van der Waals surface area (Å²) in [7, 11) is -2.58.